The first-order valence-corrected chi connectivity index (χ1v) is 7.81. The lowest BCUT2D eigenvalue weighted by Crippen LogP contribution is -2.44. The number of hydrogen-bond acceptors (Lipinski definition) is 4. The van der Waals surface area contributed by atoms with Gasteiger partial charge in [0, 0.05) is 5.54 Å². The molecule has 21 heavy (non-hydrogen) atoms. The van der Waals surface area contributed by atoms with Gasteiger partial charge in [0.1, 0.15) is 0 Å². The zero-order valence-corrected chi connectivity index (χ0v) is 13.3. The van der Waals surface area contributed by atoms with Crippen LogP contribution in [0.25, 0.3) is 11.4 Å². The lowest BCUT2D eigenvalue weighted by atomic mass is 9.74. The topological polar surface area (TPSA) is 64.9 Å². The van der Waals surface area contributed by atoms with Crippen molar-refractivity contribution in [3.8, 4) is 11.4 Å². The predicted octanol–water partition coefficient (Wildman–Crippen LogP) is 4.42. The van der Waals surface area contributed by atoms with E-state index < -0.39 is 0 Å². The molecule has 1 fully saturated rings. The maximum absolute atomic E-state index is 6.38. The highest BCUT2D eigenvalue weighted by Crippen LogP contribution is 2.40. The van der Waals surface area contributed by atoms with Gasteiger partial charge in [0.25, 0.3) is 0 Å². The molecular formula is C15H17Cl2N3O. The second-order valence-corrected chi connectivity index (χ2v) is 6.67. The van der Waals surface area contributed by atoms with Crippen LogP contribution < -0.4 is 5.73 Å². The van der Waals surface area contributed by atoms with Gasteiger partial charge in [-0.25, -0.2) is 0 Å². The molecule has 0 radical (unpaired) electrons. The van der Waals surface area contributed by atoms with E-state index in [-0.39, 0.29) is 11.5 Å². The summed E-state index contributed by atoms with van der Waals surface area (Å²) in [6.45, 7) is 2.04. The number of hydrogen-bond donors (Lipinski definition) is 1. The zero-order chi connectivity index (χ0) is 15.0. The fraction of sp³-hybridized carbons (Fsp3) is 0.467. The third kappa shape index (κ3) is 2.80. The molecule has 2 atom stereocenters. The normalized spacial score (nSPS) is 26.0. The average molecular weight is 326 g/mol. The van der Waals surface area contributed by atoms with Crippen molar-refractivity contribution in [1.82, 2.24) is 10.1 Å². The maximum atomic E-state index is 6.38. The standard InChI is InChI=1S/C15H17Cl2N3O/c1-15(18)8-3-2-5-9(15)14-19-13(20-21-14)12-10(16)6-4-7-11(12)17/h4,6-7,9H,2-3,5,8,18H2,1H3. The van der Waals surface area contributed by atoms with E-state index in [0.29, 0.717) is 27.3 Å². The Morgan fingerprint density at radius 3 is 2.67 bits per heavy atom. The molecule has 0 spiro atoms. The van der Waals surface area contributed by atoms with Crippen LogP contribution in [-0.2, 0) is 0 Å². The Morgan fingerprint density at radius 1 is 1.29 bits per heavy atom. The minimum absolute atomic E-state index is 0.0776. The zero-order valence-electron chi connectivity index (χ0n) is 11.8. The summed E-state index contributed by atoms with van der Waals surface area (Å²) in [6, 6.07) is 5.30. The highest BCUT2D eigenvalue weighted by Gasteiger charge is 2.37. The molecule has 3 rings (SSSR count). The summed E-state index contributed by atoms with van der Waals surface area (Å²) in [4.78, 5) is 4.49. The van der Waals surface area contributed by atoms with Crippen LogP contribution in [0.15, 0.2) is 22.7 Å². The molecule has 1 heterocycles. The first-order chi connectivity index (χ1) is 9.99. The molecule has 6 heteroatoms. The summed E-state index contributed by atoms with van der Waals surface area (Å²) in [6.07, 6.45) is 4.19. The van der Waals surface area contributed by atoms with E-state index in [1.807, 2.05) is 6.92 Å². The maximum Gasteiger partial charge on any atom is 0.231 e. The lowest BCUT2D eigenvalue weighted by molar-refractivity contribution is 0.223. The second kappa shape index (κ2) is 5.59. The van der Waals surface area contributed by atoms with Crippen molar-refractivity contribution in [3.05, 3.63) is 34.1 Å². The summed E-state index contributed by atoms with van der Waals surface area (Å²) < 4.78 is 5.45. The van der Waals surface area contributed by atoms with Crippen molar-refractivity contribution in [2.45, 2.75) is 44.1 Å². The van der Waals surface area contributed by atoms with Gasteiger partial charge in [-0.1, -0.05) is 47.3 Å². The molecule has 1 aromatic heterocycles. The molecule has 0 bridgehead atoms. The van der Waals surface area contributed by atoms with Crippen molar-refractivity contribution >= 4 is 23.2 Å². The molecule has 1 aliphatic rings. The lowest BCUT2D eigenvalue weighted by Gasteiger charge is -2.35. The molecule has 0 amide bonds. The second-order valence-electron chi connectivity index (χ2n) is 5.86. The smallest absolute Gasteiger partial charge is 0.231 e. The van der Waals surface area contributed by atoms with E-state index >= 15 is 0 Å². The molecule has 2 N–H and O–H groups in total. The van der Waals surface area contributed by atoms with E-state index in [4.69, 9.17) is 33.5 Å². The number of aromatic nitrogens is 2. The molecule has 1 aromatic carbocycles. The summed E-state index contributed by atoms with van der Waals surface area (Å²) >= 11 is 12.4. The summed E-state index contributed by atoms with van der Waals surface area (Å²) in [5, 5.41) is 5.05. The van der Waals surface area contributed by atoms with Crippen molar-refractivity contribution in [3.63, 3.8) is 0 Å². The highest BCUT2D eigenvalue weighted by molar-refractivity contribution is 6.38. The van der Waals surface area contributed by atoms with E-state index in [9.17, 15) is 0 Å². The number of nitrogens with zero attached hydrogens (tertiary/aromatic N) is 2. The van der Waals surface area contributed by atoms with Crippen LogP contribution in [0, 0.1) is 0 Å². The predicted molar refractivity (Wildman–Crippen MR) is 83.6 cm³/mol. The van der Waals surface area contributed by atoms with Crippen molar-refractivity contribution in [2.24, 2.45) is 5.73 Å². The first kappa shape index (κ1) is 14.8. The Labute approximate surface area is 133 Å². The Bertz CT molecular complexity index is 634. The third-order valence-corrected chi connectivity index (χ3v) is 4.81. The SMILES string of the molecule is CC1(N)CCCCC1c1nc(-c2c(Cl)cccc2Cl)no1. The summed E-state index contributed by atoms with van der Waals surface area (Å²) in [7, 11) is 0. The van der Waals surface area contributed by atoms with Crippen LogP contribution in [-0.4, -0.2) is 15.7 Å². The van der Waals surface area contributed by atoms with Gasteiger partial charge in [0.2, 0.25) is 11.7 Å². The van der Waals surface area contributed by atoms with Crippen LogP contribution in [0.3, 0.4) is 0 Å². The Morgan fingerprint density at radius 2 is 2.00 bits per heavy atom. The van der Waals surface area contributed by atoms with Gasteiger partial charge in [-0.05, 0) is 31.9 Å². The number of nitrogens with two attached hydrogens (primary N) is 1. The first-order valence-electron chi connectivity index (χ1n) is 7.06. The van der Waals surface area contributed by atoms with Crippen LogP contribution in [0.4, 0.5) is 0 Å². The minimum atomic E-state index is -0.313. The molecule has 4 nitrogen and oxygen atoms in total. The molecule has 1 saturated carbocycles. The average Bonchev–Trinajstić information content (AvgIpc) is 2.87. The van der Waals surface area contributed by atoms with E-state index in [0.717, 1.165) is 25.7 Å². The Kier molecular flexibility index (Phi) is 3.95. The van der Waals surface area contributed by atoms with Crippen LogP contribution in [0.5, 0.6) is 0 Å². The largest absolute Gasteiger partial charge is 0.339 e. The fourth-order valence-corrected chi connectivity index (χ4v) is 3.52. The molecule has 0 saturated heterocycles. The molecule has 112 valence electrons. The molecule has 1 aliphatic carbocycles. The quantitative estimate of drug-likeness (QED) is 0.887. The number of halogens is 2. The molecule has 2 unspecified atom stereocenters. The monoisotopic (exact) mass is 325 g/mol. The number of benzene rings is 1. The number of rotatable bonds is 2. The van der Waals surface area contributed by atoms with Gasteiger partial charge in [0.05, 0.1) is 21.5 Å². The Balaban J connectivity index is 1.97. The van der Waals surface area contributed by atoms with E-state index in [1.165, 1.54) is 0 Å². The van der Waals surface area contributed by atoms with Gasteiger partial charge in [0.15, 0.2) is 0 Å². The fourth-order valence-electron chi connectivity index (χ4n) is 2.95. The van der Waals surface area contributed by atoms with Gasteiger partial charge >= 0.3 is 0 Å². The van der Waals surface area contributed by atoms with Crippen LogP contribution in [0.1, 0.15) is 44.4 Å². The highest BCUT2D eigenvalue weighted by atomic mass is 35.5. The van der Waals surface area contributed by atoms with Crippen LogP contribution in [0.2, 0.25) is 10.0 Å². The van der Waals surface area contributed by atoms with E-state index in [2.05, 4.69) is 10.1 Å². The van der Waals surface area contributed by atoms with Gasteiger partial charge in [-0.15, -0.1) is 0 Å². The van der Waals surface area contributed by atoms with Crippen LogP contribution >= 0.6 is 23.2 Å². The summed E-state index contributed by atoms with van der Waals surface area (Å²) in [5.41, 5.74) is 6.67. The van der Waals surface area contributed by atoms with Crippen molar-refractivity contribution < 1.29 is 4.52 Å². The minimum Gasteiger partial charge on any atom is -0.339 e. The third-order valence-electron chi connectivity index (χ3n) is 4.18. The van der Waals surface area contributed by atoms with Gasteiger partial charge in [-0.2, -0.15) is 4.98 Å². The molecule has 0 aliphatic heterocycles. The molecular weight excluding hydrogens is 309 g/mol. The molecule has 2 aromatic rings. The van der Waals surface area contributed by atoms with Crippen molar-refractivity contribution in [2.75, 3.05) is 0 Å². The van der Waals surface area contributed by atoms with E-state index in [1.54, 1.807) is 18.2 Å². The van der Waals surface area contributed by atoms with Crippen molar-refractivity contribution in [1.29, 1.82) is 0 Å². The van der Waals surface area contributed by atoms with Gasteiger partial charge < -0.3 is 10.3 Å². The Hall–Kier alpha value is -1.10. The summed E-state index contributed by atoms with van der Waals surface area (Å²) in [5.74, 6) is 1.07. The van der Waals surface area contributed by atoms with Gasteiger partial charge in [-0.3, -0.25) is 0 Å².